The number of halogens is 3. The summed E-state index contributed by atoms with van der Waals surface area (Å²) in [5.74, 6) is -0.666. The quantitative estimate of drug-likeness (QED) is 0.295. The highest BCUT2D eigenvalue weighted by atomic mass is 19.1. The second-order valence-corrected chi connectivity index (χ2v) is 13.0. The molecule has 4 aromatic rings. The number of fused-ring (bicyclic) bond motifs is 5. The average molecular weight is 620 g/mol. The zero-order valence-corrected chi connectivity index (χ0v) is 25.1. The number of hydrogen-bond acceptors (Lipinski definition) is 8. The Balaban J connectivity index is 1.31. The molecule has 11 heteroatoms. The Morgan fingerprint density at radius 3 is 2.89 bits per heavy atom. The van der Waals surface area contributed by atoms with Crippen molar-refractivity contribution in [2.45, 2.75) is 69.2 Å². The maximum atomic E-state index is 16.9. The molecule has 236 valence electrons. The summed E-state index contributed by atoms with van der Waals surface area (Å²) in [4.78, 5) is 18.2. The third-order valence-corrected chi connectivity index (χ3v) is 10.1. The highest BCUT2D eigenvalue weighted by Gasteiger charge is 2.49. The van der Waals surface area contributed by atoms with Gasteiger partial charge in [-0.2, -0.15) is 9.97 Å². The molecular formula is C34H36F3N5O3. The summed E-state index contributed by atoms with van der Waals surface area (Å²) >= 11 is 0. The van der Waals surface area contributed by atoms with Gasteiger partial charge in [-0.1, -0.05) is 6.07 Å². The number of aromatic hydroxyl groups is 1. The molecule has 6 bridgehead atoms. The summed E-state index contributed by atoms with van der Waals surface area (Å²) in [5.41, 5.74) is 0.287. The number of phenolic OH excluding ortho intramolecular Hbond substituents is 1. The Morgan fingerprint density at radius 2 is 1.98 bits per heavy atom. The Bertz CT molecular complexity index is 1790. The predicted octanol–water partition coefficient (Wildman–Crippen LogP) is 6.11. The molecule has 3 fully saturated rings. The van der Waals surface area contributed by atoms with Crippen LogP contribution in [0.25, 0.3) is 32.9 Å². The van der Waals surface area contributed by atoms with Crippen LogP contribution in [-0.2, 0) is 11.2 Å². The summed E-state index contributed by atoms with van der Waals surface area (Å²) in [6.07, 6.45) is 6.46. The first-order valence-corrected chi connectivity index (χ1v) is 16.1. The monoisotopic (exact) mass is 619 g/mol. The van der Waals surface area contributed by atoms with Crippen LogP contribution in [0.15, 0.2) is 30.5 Å². The Hall–Kier alpha value is -3.70. The third kappa shape index (κ3) is 5.04. The van der Waals surface area contributed by atoms with Gasteiger partial charge in [-0.3, -0.25) is 9.88 Å². The lowest BCUT2D eigenvalue weighted by atomic mass is 9.93. The van der Waals surface area contributed by atoms with Crippen LogP contribution >= 0.6 is 0 Å². The van der Waals surface area contributed by atoms with Gasteiger partial charge in [-0.25, -0.2) is 13.2 Å². The number of ether oxygens (including phenoxy) is 2. The second-order valence-electron chi connectivity index (χ2n) is 13.0. The number of pyridine rings is 1. The smallest absolute Gasteiger partial charge is 0.319 e. The molecule has 0 amide bonds. The number of aromatic nitrogens is 3. The fourth-order valence-corrected chi connectivity index (χ4v) is 8.02. The van der Waals surface area contributed by atoms with Crippen LogP contribution in [-0.4, -0.2) is 82.2 Å². The molecule has 3 atom stereocenters. The van der Waals surface area contributed by atoms with Crippen molar-refractivity contribution >= 4 is 27.5 Å². The van der Waals surface area contributed by atoms with E-state index in [2.05, 4.69) is 19.8 Å². The van der Waals surface area contributed by atoms with Gasteiger partial charge >= 0.3 is 6.01 Å². The van der Waals surface area contributed by atoms with E-state index in [0.29, 0.717) is 73.0 Å². The lowest BCUT2D eigenvalue weighted by molar-refractivity contribution is 0.0526. The van der Waals surface area contributed by atoms with Crippen molar-refractivity contribution in [3.05, 3.63) is 47.7 Å². The van der Waals surface area contributed by atoms with Crippen LogP contribution in [0.5, 0.6) is 11.8 Å². The fraction of sp³-hybridized carbons (Fsp3) is 0.500. The van der Waals surface area contributed by atoms with Crippen LogP contribution < -0.4 is 9.64 Å². The first-order chi connectivity index (χ1) is 21.9. The zero-order valence-electron chi connectivity index (χ0n) is 25.1. The highest BCUT2D eigenvalue weighted by molar-refractivity contribution is 6.01. The van der Waals surface area contributed by atoms with Gasteiger partial charge in [0.15, 0.2) is 5.82 Å². The molecule has 0 saturated carbocycles. The van der Waals surface area contributed by atoms with Gasteiger partial charge in [0.05, 0.1) is 17.0 Å². The van der Waals surface area contributed by atoms with Gasteiger partial charge in [0.1, 0.15) is 41.4 Å². The highest BCUT2D eigenvalue weighted by Crippen LogP contribution is 2.42. The molecule has 1 N–H and O–H groups in total. The minimum absolute atomic E-state index is 0.0237. The van der Waals surface area contributed by atoms with E-state index in [0.717, 1.165) is 38.6 Å². The molecule has 5 aliphatic rings. The minimum Gasteiger partial charge on any atom is -0.508 e. The third-order valence-electron chi connectivity index (χ3n) is 10.1. The van der Waals surface area contributed by atoms with Crippen LogP contribution in [0.2, 0.25) is 0 Å². The Morgan fingerprint density at radius 1 is 1.07 bits per heavy atom. The van der Waals surface area contributed by atoms with Crippen LogP contribution in [0.3, 0.4) is 0 Å². The van der Waals surface area contributed by atoms with E-state index in [-0.39, 0.29) is 41.2 Å². The number of alkyl halides is 1. The van der Waals surface area contributed by atoms with E-state index in [1.54, 1.807) is 18.3 Å². The van der Waals surface area contributed by atoms with Crippen LogP contribution in [0.1, 0.15) is 50.5 Å². The van der Waals surface area contributed by atoms with Gasteiger partial charge in [-0.05, 0) is 86.0 Å². The molecule has 3 saturated heterocycles. The molecule has 8 nitrogen and oxygen atoms in total. The molecule has 5 aliphatic heterocycles. The van der Waals surface area contributed by atoms with E-state index in [9.17, 15) is 9.50 Å². The number of anilines is 1. The zero-order chi connectivity index (χ0) is 30.7. The van der Waals surface area contributed by atoms with Gasteiger partial charge in [0, 0.05) is 44.4 Å². The molecule has 0 radical (unpaired) electrons. The molecule has 9 rings (SSSR count). The molecule has 45 heavy (non-hydrogen) atoms. The van der Waals surface area contributed by atoms with Gasteiger partial charge in [0.25, 0.3) is 0 Å². The lowest BCUT2D eigenvalue weighted by Crippen LogP contribution is -2.43. The van der Waals surface area contributed by atoms with E-state index < -0.39 is 23.3 Å². The van der Waals surface area contributed by atoms with Crippen molar-refractivity contribution in [1.29, 1.82) is 0 Å². The van der Waals surface area contributed by atoms with Gasteiger partial charge in [-0.15, -0.1) is 0 Å². The largest absolute Gasteiger partial charge is 0.508 e. The predicted molar refractivity (Wildman–Crippen MR) is 165 cm³/mol. The number of aryl methyl sites for hydroxylation is 1. The number of hydrogen-bond donors (Lipinski definition) is 1. The van der Waals surface area contributed by atoms with Gasteiger partial charge in [0.2, 0.25) is 0 Å². The summed E-state index contributed by atoms with van der Waals surface area (Å²) in [6.45, 7) is 3.12. The van der Waals surface area contributed by atoms with Crippen molar-refractivity contribution in [2.75, 3.05) is 44.3 Å². The molecule has 0 spiro atoms. The molecule has 0 aliphatic carbocycles. The maximum Gasteiger partial charge on any atom is 0.319 e. The van der Waals surface area contributed by atoms with E-state index in [4.69, 9.17) is 14.5 Å². The normalized spacial score (nSPS) is 25.4. The summed E-state index contributed by atoms with van der Waals surface area (Å²) < 4.78 is 59.3. The van der Waals surface area contributed by atoms with E-state index in [1.165, 1.54) is 12.1 Å². The lowest BCUT2D eigenvalue weighted by Gasteiger charge is -2.31. The van der Waals surface area contributed by atoms with Crippen molar-refractivity contribution < 1.29 is 27.8 Å². The topological polar surface area (TPSA) is 83.8 Å². The molecule has 2 aromatic carbocycles. The molecule has 7 heterocycles. The van der Waals surface area contributed by atoms with E-state index >= 15 is 8.78 Å². The summed E-state index contributed by atoms with van der Waals surface area (Å²) in [5, 5.41) is 12.2. The number of rotatable bonds is 3. The SMILES string of the molecule is Oc1cc2c3c(c(F)ccc3c1)CCCO[C@@H]1CCCCN(C1)c1nc(OC[C@@]34CCCN3C[C@H](F)C4)nc3c(F)c-2ncc13. The van der Waals surface area contributed by atoms with Crippen molar-refractivity contribution in [3.63, 3.8) is 0 Å². The second kappa shape index (κ2) is 11.3. The van der Waals surface area contributed by atoms with Crippen molar-refractivity contribution in [3.8, 4) is 23.0 Å². The molecule has 2 aromatic heterocycles. The van der Waals surface area contributed by atoms with E-state index in [1.807, 2.05) is 0 Å². The van der Waals surface area contributed by atoms with Gasteiger partial charge < -0.3 is 19.5 Å². The Kier molecular flexibility index (Phi) is 7.20. The molecule has 0 unspecified atom stereocenters. The van der Waals surface area contributed by atoms with Crippen molar-refractivity contribution in [2.24, 2.45) is 0 Å². The number of benzene rings is 2. The Labute approximate surface area is 259 Å². The first-order valence-electron chi connectivity index (χ1n) is 16.1. The summed E-state index contributed by atoms with van der Waals surface area (Å²) in [6, 6.07) is 5.97. The van der Waals surface area contributed by atoms with Crippen LogP contribution in [0, 0.1) is 11.6 Å². The summed E-state index contributed by atoms with van der Waals surface area (Å²) in [7, 11) is 0. The van der Waals surface area contributed by atoms with Crippen LogP contribution in [0.4, 0.5) is 19.0 Å². The number of nitrogens with zero attached hydrogens (tertiary/aromatic N) is 5. The molecular weight excluding hydrogens is 583 g/mol. The fourth-order valence-electron chi connectivity index (χ4n) is 8.02. The maximum absolute atomic E-state index is 16.9. The first kappa shape index (κ1) is 28.8. The number of phenols is 1. The minimum atomic E-state index is -0.906. The van der Waals surface area contributed by atoms with Crippen molar-refractivity contribution in [1.82, 2.24) is 19.9 Å². The average Bonchev–Trinajstić information content (AvgIpc) is 3.44. The standard InChI is InChI=1S/C34H36F3N5O3/c35-21-15-34(9-4-11-42(34)17-21)19-45-33-39-31-26-16-38-30(29(31)37)25-14-22(43)13-20-7-8-27(36)24(28(20)25)6-3-12-44-23-5-1-2-10-41(18-23)32(26)40-33/h7-8,13-14,16,21,23,43H,1-6,9-12,15,17-19H2/t21-,23-,34+/m1/s1.